The fraction of sp³-hybridized carbons (Fsp3) is 0.316. The molecule has 128 valence electrons. The van der Waals surface area contributed by atoms with Crippen molar-refractivity contribution < 1.29 is 14.3 Å². The van der Waals surface area contributed by atoms with E-state index in [1.54, 1.807) is 12.1 Å². The summed E-state index contributed by atoms with van der Waals surface area (Å²) in [4.78, 5) is 12.1. The van der Waals surface area contributed by atoms with Crippen LogP contribution in [0.15, 0.2) is 42.5 Å². The van der Waals surface area contributed by atoms with Crippen molar-refractivity contribution in [1.29, 1.82) is 0 Å². The Morgan fingerprint density at radius 3 is 2.46 bits per heavy atom. The number of amides is 2. The molecule has 2 amide bonds. The number of hydrogen-bond acceptors (Lipinski definition) is 2. The smallest absolute Gasteiger partial charge is 0.319 e. The summed E-state index contributed by atoms with van der Waals surface area (Å²) < 4.78 is 13.6. The highest BCUT2D eigenvalue weighted by atomic mass is 19.1. The number of halogens is 1. The summed E-state index contributed by atoms with van der Waals surface area (Å²) in [6, 6.07) is 11.4. The summed E-state index contributed by atoms with van der Waals surface area (Å²) in [6.45, 7) is 5.96. The average molecular weight is 330 g/mol. The quantitative estimate of drug-likeness (QED) is 0.772. The number of para-hydroxylation sites is 1. The van der Waals surface area contributed by atoms with Crippen LogP contribution in [0.2, 0.25) is 0 Å². The number of urea groups is 1. The molecule has 4 nitrogen and oxygen atoms in total. The summed E-state index contributed by atoms with van der Waals surface area (Å²) >= 11 is 0. The van der Waals surface area contributed by atoms with E-state index in [1.807, 2.05) is 25.1 Å². The Kier molecular flexibility index (Phi) is 5.93. The molecule has 0 saturated heterocycles. The normalized spacial score (nSPS) is 12.1. The van der Waals surface area contributed by atoms with Crippen LogP contribution in [0.3, 0.4) is 0 Å². The lowest BCUT2D eigenvalue weighted by atomic mass is 9.98. The van der Waals surface area contributed by atoms with E-state index in [0.29, 0.717) is 0 Å². The number of benzene rings is 2. The number of aliphatic hydroxyl groups excluding tert-OH is 1. The van der Waals surface area contributed by atoms with Crippen molar-refractivity contribution in [2.45, 2.75) is 32.8 Å². The minimum absolute atomic E-state index is 0.0738. The molecule has 0 aromatic heterocycles. The summed E-state index contributed by atoms with van der Waals surface area (Å²) in [6.07, 6.45) is -1.10. The SMILES string of the molecule is Cc1cccc(C(C)C)c1NC(=O)NCC(O)c1ccccc1F. The Bertz CT molecular complexity index is 716. The summed E-state index contributed by atoms with van der Waals surface area (Å²) in [5.41, 5.74) is 2.94. The van der Waals surface area contributed by atoms with Crippen molar-refractivity contribution in [2.75, 3.05) is 11.9 Å². The second kappa shape index (κ2) is 7.93. The molecule has 0 bridgehead atoms. The minimum atomic E-state index is -1.10. The molecule has 0 saturated carbocycles. The van der Waals surface area contributed by atoms with Gasteiger partial charge < -0.3 is 15.7 Å². The minimum Gasteiger partial charge on any atom is -0.386 e. The van der Waals surface area contributed by atoms with Crippen LogP contribution in [0.4, 0.5) is 14.9 Å². The molecule has 0 aliphatic rings. The van der Waals surface area contributed by atoms with Gasteiger partial charge in [0.1, 0.15) is 5.82 Å². The Labute approximate surface area is 141 Å². The molecular weight excluding hydrogens is 307 g/mol. The van der Waals surface area contributed by atoms with E-state index in [4.69, 9.17) is 0 Å². The zero-order valence-corrected chi connectivity index (χ0v) is 14.1. The third-order valence-corrected chi connectivity index (χ3v) is 3.89. The Morgan fingerprint density at radius 1 is 1.12 bits per heavy atom. The fourth-order valence-corrected chi connectivity index (χ4v) is 2.54. The Balaban J connectivity index is 2.01. The number of hydrogen-bond donors (Lipinski definition) is 3. The van der Waals surface area contributed by atoms with Gasteiger partial charge >= 0.3 is 6.03 Å². The highest BCUT2D eigenvalue weighted by Gasteiger charge is 2.15. The zero-order chi connectivity index (χ0) is 17.7. The monoisotopic (exact) mass is 330 g/mol. The van der Waals surface area contributed by atoms with Gasteiger partial charge in [-0.15, -0.1) is 0 Å². The van der Waals surface area contributed by atoms with Crippen LogP contribution < -0.4 is 10.6 Å². The predicted octanol–water partition coefficient (Wildman–Crippen LogP) is 4.11. The van der Waals surface area contributed by atoms with E-state index in [-0.39, 0.29) is 18.0 Å². The van der Waals surface area contributed by atoms with E-state index in [0.717, 1.165) is 16.8 Å². The lowest BCUT2D eigenvalue weighted by Crippen LogP contribution is -2.33. The number of carbonyl (C=O) groups is 1. The Hall–Kier alpha value is -2.40. The molecule has 0 spiro atoms. The first kappa shape index (κ1) is 17.9. The molecule has 3 N–H and O–H groups in total. The maximum absolute atomic E-state index is 13.6. The molecule has 1 atom stereocenters. The molecule has 0 heterocycles. The van der Waals surface area contributed by atoms with Gasteiger partial charge in [-0.2, -0.15) is 0 Å². The number of aryl methyl sites for hydroxylation is 1. The third-order valence-electron chi connectivity index (χ3n) is 3.89. The zero-order valence-electron chi connectivity index (χ0n) is 14.1. The van der Waals surface area contributed by atoms with Crippen molar-refractivity contribution in [3.63, 3.8) is 0 Å². The van der Waals surface area contributed by atoms with Crippen molar-refractivity contribution in [3.8, 4) is 0 Å². The molecule has 2 aromatic carbocycles. The van der Waals surface area contributed by atoms with Gasteiger partial charge in [-0.05, 0) is 30.0 Å². The van der Waals surface area contributed by atoms with Crippen LogP contribution in [-0.2, 0) is 0 Å². The molecule has 2 rings (SSSR count). The second-order valence-electron chi connectivity index (χ2n) is 6.07. The lowest BCUT2D eigenvalue weighted by Gasteiger charge is -2.18. The van der Waals surface area contributed by atoms with E-state index in [1.165, 1.54) is 12.1 Å². The third kappa shape index (κ3) is 4.32. The molecule has 24 heavy (non-hydrogen) atoms. The van der Waals surface area contributed by atoms with Crippen molar-refractivity contribution >= 4 is 11.7 Å². The first-order valence-corrected chi connectivity index (χ1v) is 7.97. The van der Waals surface area contributed by atoms with Gasteiger partial charge in [0.05, 0.1) is 6.10 Å². The van der Waals surface area contributed by atoms with Gasteiger partial charge in [0.25, 0.3) is 0 Å². The molecule has 0 aliphatic heterocycles. The molecule has 2 aromatic rings. The molecule has 1 unspecified atom stereocenters. The first-order chi connectivity index (χ1) is 11.4. The van der Waals surface area contributed by atoms with Crippen LogP contribution in [0.25, 0.3) is 0 Å². The van der Waals surface area contributed by atoms with E-state index >= 15 is 0 Å². The van der Waals surface area contributed by atoms with Crippen molar-refractivity contribution in [3.05, 3.63) is 65.0 Å². The van der Waals surface area contributed by atoms with Crippen molar-refractivity contribution in [2.24, 2.45) is 0 Å². The Morgan fingerprint density at radius 2 is 1.79 bits per heavy atom. The van der Waals surface area contributed by atoms with Gasteiger partial charge in [0, 0.05) is 17.8 Å². The van der Waals surface area contributed by atoms with Gasteiger partial charge in [-0.25, -0.2) is 9.18 Å². The van der Waals surface area contributed by atoms with Crippen LogP contribution >= 0.6 is 0 Å². The highest BCUT2D eigenvalue weighted by molar-refractivity contribution is 5.91. The van der Waals surface area contributed by atoms with E-state index in [9.17, 15) is 14.3 Å². The maximum Gasteiger partial charge on any atom is 0.319 e. The highest BCUT2D eigenvalue weighted by Crippen LogP contribution is 2.27. The maximum atomic E-state index is 13.6. The number of carbonyl (C=O) groups excluding carboxylic acids is 1. The van der Waals surface area contributed by atoms with Gasteiger partial charge in [-0.1, -0.05) is 50.2 Å². The van der Waals surface area contributed by atoms with Gasteiger partial charge in [0.2, 0.25) is 0 Å². The fourth-order valence-electron chi connectivity index (χ4n) is 2.54. The predicted molar refractivity (Wildman–Crippen MR) is 93.6 cm³/mol. The largest absolute Gasteiger partial charge is 0.386 e. The first-order valence-electron chi connectivity index (χ1n) is 7.97. The van der Waals surface area contributed by atoms with Crippen LogP contribution in [0, 0.1) is 12.7 Å². The van der Waals surface area contributed by atoms with Crippen LogP contribution in [0.1, 0.15) is 42.6 Å². The summed E-state index contributed by atoms with van der Waals surface area (Å²) in [5.74, 6) is -0.225. The van der Waals surface area contributed by atoms with Crippen LogP contribution in [0.5, 0.6) is 0 Å². The van der Waals surface area contributed by atoms with Crippen LogP contribution in [-0.4, -0.2) is 17.7 Å². The second-order valence-corrected chi connectivity index (χ2v) is 6.07. The molecule has 0 fully saturated rings. The van der Waals surface area contributed by atoms with E-state index < -0.39 is 18.0 Å². The van der Waals surface area contributed by atoms with E-state index in [2.05, 4.69) is 24.5 Å². The molecular formula is C19H23FN2O2. The standard InChI is InChI=1S/C19H23FN2O2/c1-12(2)14-9-6-7-13(3)18(14)22-19(24)21-11-17(23)15-8-4-5-10-16(15)20/h4-10,12,17,23H,11H2,1-3H3,(H2,21,22,24). The molecule has 0 radical (unpaired) electrons. The number of rotatable bonds is 5. The number of aliphatic hydroxyl groups is 1. The number of nitrogens with one attached hydrogen (secondary N) is 2. The van der Waals surface area contributed by atoms with Gasteiger partial charge in [-0.3, -0.25) is 0 Å². The summed E-state index contributed by atoms with van der Waals surface area (Å²) in [7, 11) is 0. The average Bonchev–Trinajstić information content (AvgIpc) is 2.54. The van der Waals surface area contributed by atoms with Gasteiger partial charge in [0.15, 0.2) is 0 Å². The number of anilines is 1. The summed E-state index contributed by atoms with van der Waals surface area (Å²) in [5, 5.41) is 15.4. The van der Waals surface area contributed by atoms with Crippen molar-refractivity contribution in [1.82, 2.24) is 5.32 Å². The molecule has 0 aliphatic carbocycles. The lowest BCUT2D eigenvalue weighted by molar-refractivity contribution is 0.170. The topological polar surface area (TPSA) is 61.4 Å². The molecule has 5 heteroatoms.